The van der Waals surface area contributed by atoms with E-state index in [1.165, 1.54) is 11.3 Å². The van der Waals surface area contributed by atoms with Gasteiger partial charge in [0.25, 0.3) is 5.91 Å². The monoisotopic (exact) mass is 590 g/mol. The number of carbonyl (C=O) groups excluding carboxylic acids is 3. The largest absolute Gasteiger partial charge is 0.496 e. The van der Waals surface area contributed by atoms with Gasteiger partial charge in [-0.1, -0.05) is 31.7 Å². The standard InChI is InChI=1S/C33H38N2O6S/c1-20-12-17-28(42-20)31(37)40-19-25-23(15-16-26-29(25)35(4)32(38)33(2,3)34-26)24-14-13-22(18-27(24)39-5)41-30(36)21-10-8-6-7-9-11-21/h12-18,21,34H,6-11,19H2,1-5H3. The second kappa shape index (κ2) is 12.2. The number of methoxy groups -OCH3 is 1. The van der Waals surface area contributed by atoms with Crippen LogP contribution >= 0.6 is 11.3 Å². The van der Waals surface area contributed by atoms with E-state index >= 15 is 0 Å². The van der Waals surface area contributed by atoms with Crippen molar-refractivity contribution in [1.82, 2.24) is 0 Å². The van der Waals surface area contributed by atoms with Crippen LogP contribution in [-0.4, -0.2) is 37.5 Å². The van der Waals surface area contributed by atoms with Gasteiger partial charge in [-0.15, -0.1) is 11.3 Å². The number of nitrogens with one attached hydrogen (secondary N) is 1. The SMILES string of the molecule is COc1cc(OC(=O)C2CCCCCC2)ccc1-c1ccc2c(c1COC(=O)c1ccc(C)s1)N(C)C(=O)C(C)(C)N2. The van der Waals surface area contributed by atoms with Gasteiger partial charge in [0, 0.05) is 29.1 Å². The lowest BCUT2D eigenvalue weighted by molar-refractivity contribution is -0.139. The first-order valence-corrected chi connectivity index (χ1v) is 15.3. The summed E-state index contributed by atoms with van der Waals surface area (Å²) in [6.45, 7) is 5.54. The quantitative estimate of drug-likeness (QED) is 0.178. The average Bonchev–Trinajstić information content (AvgIpc) is 3.22. The molecule has 1 N–H and O–H groups in total. The number of thiophene rings is 1. The smallest absolute Gasteiger partial charge is 0.348 e. The summed E-state index contributed by atoms with van der Waals surface area (Å²) in [5, 5.41) is 3.33. The first kappa shape index (κ1) is 29.6. The number of hydrogen-bond acceptors (Lipinski definition) is 8. The molecule has 1 aliphatic heterocycles. The highest BCUT2D eigenvalue weighted by Gasteiger charge is 2.39. The van der Waals surface area contributed by atoms with Crippen molar-refractivity contribution in [3.63, 3.8) is 0 Å². The van der Waals surface area contributed by atoms with E-state index in [9.17, 15) is 14.4 Å². The van der Waals surface area contributed by atoms with Gasteiger partial charge >= 0.3 is 11.9 Å². The molecule has 0 saturated heterocycles. The Morgan fingerprint density at radius 2 is 1.74 bits per heavy atom. The zero-order chi connectivity index (χ0) is 30.0. The maximum Gasteiger partial charge on any atom is 0.348 e. The Kier molecular flexibility index (Phi) is 8.59. The number of ether oxygens (including phenoxy) is 3. The van der Waals surface area contributed by atoms with Crippen molar-refractivity contribution in [2.45, 2.75) is 71.4 Å². The third-order valence-corrected chi connectivity index (χ3v) is 9.04. The Balaban J connectivity index is 1.51. The van der Waals surface area contributed by atoms with Crippen LogP contribution in [0.1, 0.15) is 72.5 Å². The molecule has 1 aliphatic carbocycles. The average molecular weight is 591 g/mol. The molecule has 0 spiro atoms. The summed E-state index contributed by atoms with van der Waals surface area (Å²) in [7, 11) is 3.29. The summed E-state index contributed by atoms with van der Waals surface area (Å²) in [5.74, 6) is 0.0896. The van der Waals surface area contributed by atoms with Gasteiger partial charge in [0.15, 0.2) is 0 Å². The van der Waals surface area contributed by atoms with Crippen molar-refractivity contribution in [2.75, 3.05) is 24.4 Å². The number of anilines is 2. The topological polar surface area (TPSA) is 94.2 Å². The van der Waals surface area contributed by atoms with Crippen LogP contribution in [-0.2, 0) is 20.9 Å². The molecule has 0 bridgehead atoms. The molecule has 1 saturated carbocycles. The summed E-state index contributed by atoms with van der Waals surface area (Å²) in [6.07, 6.45) is 6.11. The zero-order valence-electron chi connectivity index (χ0n) is 24.9. The van der Waals surface area contributed by atoms with Crippen molar-refractivity contribution in [2.24, 2.45) is 5.92 Å². The predicted molar refractivity (Wildman–Crippen MR) is 165 cm³/mol. The van der Waals surface area contributed by atoms with Crippen LogP contribution in [0.25, 0.3) is 11.1 Å². The number of esters is 2. The van der Waals surface area contributed by atoms with Gasteiger partial charge in [0.05, 0.1) is 24.4 Å². The number of amides is 1. The highest BCUT2D eigenvalue weighted by molar-refractivity contribution is 7.13. The minimum atomic E-state index is -0.799. The molecule has 9 heteroatoms. The summed E-state index contributed by atoms with van der Waals surface area (Å²) >= 11 is 1.37. The highest BCUT2D eigenvalue weighted by Crippen LogP contribution is 2.45. The molecule has 1 amide bonds. The molecule has 2 aromatic carbocycles. The predicted octanol–water partition coefficient (Wildman–Crippen LogP) is 7.13. The molecular weight excluding hydrogens is 552 g/mol. The molecule has 1 fully saturated rings. The van der Waals surface area contributed by atoms with Gasteiger partial charge < -0.3 is 24.4 Å². The number of rotatable bonds is 7. The first-order valence-electron chi connectivity index (χ1n) is 14.4. The van der Waals surface area contributed by atoms with Crippen LogP contribution in [0.4, 0.5) is 11.4 Å². The highest BCUT2D eigenvalue weighted by atomic mass is 32.1. The minimum absolute atomic E-state index is 0.0599. The summed E-state index contributed by atoms with van der Waals surface area (Å²) in [4.78, 5) is 42.3. The minimum Gasteiger partial charge on any atom is -0.496 e. The van der Waals surface area contributed by atoms with E-state index in [1.807, 2.05) is 45.0 Å². The third-order valence-electron chi connectivity index (χ3n) is 8.06. The number of fused-ring (bicyclic) bond motifs is 1. The fourth-order valence-electron chi connectivity index (χ4n) is 5.85. The molecule has 2 heterocycles. The van der Waals surface area contributed by atoms with Crippen LogP contribution < -0.4 is 19.7 Å². The van der Waals surface area contributed by atoms with Crippen molar-refractivity contribution >= 4 is 40.6 Å². The molecular formula is C33H38N2O6S. The van der Waals surface area contributed by atoms with Gasteiger partial charge in [0.2, 0.25) is 0 Å². The third kappa shape index (κ3) is 6.02. The zero-order valence-corrected chi connectivity index (χ0v) is 25.7. The molecule has 0 unspecified atom stereocenters. The fraction of sp³-hybridized carbons (Fsp3) is 0.424. The number of nitrogens with zero attached hydrogens (tertiary/aromatic N) is 1. The van der Waals surface area contributed by atoms with E-state index in [1.54, 1.807) is 37.3 Å². The number of hydrogen-bond donors (Lipinski definition) is 1. The second-order valence-electron chi connectivity index (χ2n) is 11.6. The van der Waals surface area contributed by atoms with Gasteiger partial charge in [-0.2, -0.15) is 0 Å². The van der Waals surface area contributed by atoms with Gasteiger partial charge in [-0.05, 0) is 69.5 Å². The Morgan fingerprint density at radius 3 is 2.40 bits per heavy atom. The van der Waals surface area contributed by atoms with Gasteiger partial charge in [0.1, 0.15) is 28.5 Å². The lowest BCUT2D eigenvalue weighted by Crippen LogP contribution is -2.52. The maximum atomic E-state index is 13.3. The number of benzene rings is 2. The van der Waals surface area contributed by atoms with E-state index in [4.69, 9.17) is 14.2 Å². The van der Waals surface area contributed by atoms with Crippen LogP contribution in [0.3, 0.4) is 0 Å². The molecule has 3 aromatic rings. The van der Waals surface area contributed by atoms with Crippen molar-refractivity contribution in [1.29, 1.82) is 0 Å². The molecule has 2 aliphatic rings. The first-order chi connectivity index (χ1) is 20.1. The normalized spacial score (nSPS) is 16.7. The summed E-state index contributed by atoms with van der Waals surface area (Å²) in [5.41, 5.74) is 2.72. The van der Waals surface area contributed by atoms with Crippen LogP contribution in [0, 0.1) is 12.8 Å². The number of aryl methyl sites for hydroxylation is 1. The molecule has 1 aromatic heterocycles. The van der Waals surface area contributed by atoms with Gasteiger partial charge in [-0.25, -0.2) is 4.79 Å². The van der Waals surface area contributed by atoms with Crippen LogP contribution in [0.15, 0.2) is 42.5 Å². The molecule has 0 radical (unpaired) electrons. The molecule has 42 heavy (non-hydrogen) atoms. The fourth-order valence-corrected chi connectivity index (χ4v) is 6.62. The number of carbonyl (C=O) groups is 3. The molecule has 0 atom stereocenters. The molecule has 222 valence electrons. The van der Waals surface area contributed by atoms with Gasteiger partial charge in [-0.3, -0.25) is 9.59 Å². The van der Waals surface area contributed by atoms with E-state index < -0.39 is 11.5 Å². The second-order valence-corrected chi connectivity index (χ2v) is 12.8. The van der Waals surface area contributed by atoms with E-state index in [0.29, 0.717) is 27.6 Å². The van der Waals surface area contributed by atoms with E-state index in [0.717, 1.165) is 60.2 Å². The summed E-state index contributed by atoms with van der Waals surface area (Å²) < 4.78 is 17.4. The van der Waals surface area contributed by atoms with E-state index in [2.05, 4.69) is 5.32 Å². The Hall–Kier alpha value is -3.85. The molecule has 8 nitrogen and oxygen atoms in total. The van der Waals surface area contributed by atoms with Crippen LogP contribution in [0.5, 0.6) is 11.5 Å². The Morgan fingerprint density at radius 1 is 1.02 bits per heavy atom. The summed E-state index contributed by atoms with van der Waals surface area (Å²) in [6, 6.07) is 12.8. The molecule has 5 rings (SSSR count). The van der Waals surface area contributed by atoms with E-state index in [-0.39, 0.29) is 24.4 Å². The van der Waals surface area contributed by atoms with Crippen molar-refractivity contribution in [3.8, 4) is 22.6 Å². The van der Waals surface area contributed by atoms with Crippen molar-refractivity contribution < 1.29 is 28.6 Å². The maximum absolute atomic E-state index is 13.3. The lowest BCUT2D eigenvalue weighted by atomic mass is 9.91. The lowest BCUT2D eigenvalue weighted by Gasteiger charge is -2.39. The van der Waals surface area contributed by atoms with Crippen molar-refractivity contribution in [3.05, 3.63) is 57.8 Å². The Bertz CT molecular complexity index is 1500. The Labute approximate surface area is 251 Å². The van der Waals surface area contributed by atoms with Crippen LogP contribution in [0.2, 0.25) is 0 Å². The number of likely N-dealkylation sites (N-methyl/N-ethyl adjacent to an activating group) is 1.